The van der Waals surface area contributed by atoms with Crippen LogP contribution in [0.4, 0.5) is 0 Å². The molecule has 0 radical (unpaired) electrons. The number of furan rings is 1. The molecule has 0 spiro atoms. The Bertz CT molecular complexity index is 785. The van der Waals surface area contributed by atoms with Crippen LogP contribution in [-0.2, 0) is 6.54 Å². The predicted octanol–water partition coefficient (Wildman–Crippen LogP) is 3.38. The predicted molar refractivity (Wildman–Crippen MR) is 77.9 cm³/mol. The Hall–Kier alpha value is -2.69. The third-order valence-electron chi connectivity index (χ3n) is 3.34. The summed E-state index contributed by atoms with van der Waals surface area (Å²) in [5.74, 6) is 0.287. The molecule has 2 heterocycles. The zero-order valence-corrected chi connectivity index (χ0v) is 11.6. The minimum absolute atomic E-state index is 0.197. The number of ether oxygens (including phenoxy) is 1. The Morgan fingerprint density at radius 2 is 2.19 bits per heavy atom. The number of aromatic carboxylic acids is 1. The van der Waals surface area contributed by atoms with Gasteiger partial charge in [0.15, 0.2) is 0 Å². The maximum absolute atomic E-state index is 11.1. The van der Waals surface area contributed by atoms with Crippen LogP contribution in [-0.4, -0.2) is 22.2 Å². The summed E-state index contributed by atoms with van der Waals surface area (Å²) in [6.07, 6.45) is 3.31. The fraction of sp³-hybridized carbons (Fsp3) is 0.188. The molecule has 0 amide bonds. The van der Waals surface area contributed by atoms with Crippen LogP contribution in [0, 0.1) is 0 Å². The highest BCUT2D eigenvalue weighted by molar-refractivity contribution is 5.88. The average Bonchev–Trinajstić information content (AvgIpc) is 3.07. The molecule has 108 valence electrons. The van der Waals surface area contributed by atoms with Gasteiger partial charge >= 0.3 is 5.97 Å². The van der Waals surface area contributed by atoms with Gasteiger partial charge in [0, 0.05) is 17.1 Å². The lowest BCUT2D eigenvalue weighted by atomic mass is 10.2. The van der Waals surface area contributed by atoms with Gasteiger partial charge in [0.1, 0.15) is 17.1 Å². The third kappa shape index (κ3) is 2.50. The summed E-state index contributed by atoms with van der Waals surface area (Å²) >= 11 is 0. The van der Waals surface area contributed by atoms with Crippen molar-refractivity contribution in [3.63, 3.8) is 0 Å². The zero-order chi connectivity index (χ0) is 14.8. The quantitative estimate of drug-likeness (QED) is 0.780. The van der Waals surface area contributed by atoms with E-state index in [1.807, 2.05) is 42.0 Å². The first-order chi connectivity index (χ1) is 10.2. The second-order valence-electron chi connectivity index (χ2n) is 4.66. The van der Waals surface area contributed by atoms with E-state index in [1.165, 1.54) is 12.3 Å². The summed E-state index contributed by atoms with van der Waals surface area (Å²) in [6, 6.07) is 9.28. The van der Waals surface area contributed by atoms with Crippen molar-refractivity contribution in [3.05, 3.63) is 54.1 Å². The summed E-state index contributed by atoms with van der Waals surface area (Å²) in [7, 11) is 0. The maximum Gasteiger partial charge on any atom is 0.339 e. The number of carboxylic acids is 1. The molecule has 0 saturated heterocycles. The number of hydrogen-bond donors (Lipinski definition) is 1. The van der Waals surface area contributed by atoms with Crippen molar-refractivity contribution in [1.82, 2.24) is 4.57 Å². The van der Waals surface area contributed by atoms with E-state index in [9.17, 15) is 4.79 Å². The Morgan fingerprint density at radius 1 is 1.33 bits per heavy atom. The van der Waals surface area contributed by atoms with Crippen LogP contribution in [0.3, 0.4) is 0 Å². The first-order valence-electron chi connectivity index (χ1n) is 6.70. The molecule has 0 aliphatic rings. The molecule has 5 heteroatoms. The second-order valence-corrected chi connectivity index (χ2v) is 4.66. The maximum atomic E-state index is 11.1. The minimum Gasteiger partial charge on any atom is -0.494 e. The Kier molecular flexibility index (Phi) is 3.39. The molecule has 3 aromatic rings. The molecule has 0 aliphatic carbocycles. The number of rotatable bonds is 5. The van der Waals surface area contributed by atoms with E-state index in [1.54, 1.807) is 0 Å². The highest BCUT2D eigenvalue weighted by Gasteiger charge is 2.14. The van der Waals surface area contributed by atoms with Gasteiger partial charge in [-0.25, -0.2) is 4.79 Å². The van der Waals surface area contributed by atoms with Gasteiger partial charge in [-0.1, -0.05) is 0 Å². The molecule has 1 aromatic carbocycles. The molecule has 0 unspecified atom stereocenters. The van der Waals surface area contributed by atoms with Gasteiger partial charge in [-0.3, -0.25) is 0 Å². The first-order valence-corrected chi connectivity index (χ1v) is 6.70. The van der Waals surface area contributed by atoms with Crippen LogP contribution in [0.25, 0.3) is 10.9 Å². The fourth-order valence-corrected chi connectivity index (χ4v) is 2.38. The van der Waals surface area contributed by atoms with Crippen molar-refractivity contribution in [2.24, 2.45) is 0 Å². The van der Waals surface area contributed by atoms with Crippen LogP contribution >= 0.6 is 0 Å². The van der Waals surface area contributed by atoms with E-state index >= 15 is 0 Å². The van der Waals surface area contributed by atoms with E-state index in [2.05, 4.69) is 0 Å². The van der Waals surface area contributed by atoms with E-state index in [4.69, 9.17) is 14.3 Å². The van der Waals surface area contributed by atoms with E-state index < -0.39 is 5.97 Å². The Balaban J connectivity index is 1.94. The van der Waals surface area contributed by atoms with Crippen molar-refractivity contribution >= 4 is 16.9 Å². The smallest absolute Gasteiger partial charge is 0.339 e. The number of fused-ring (bicyclic) bond motifs is 1. The number of nitrogens with zero attached hydrogens (tertiary/aromatic N) is 1. The molecule has 2 aromatic heterocycles. The van der Waals surface area contributed by atoms with Crippen LogP contribution in [0.2, 0.25) is 0 Å². The van der Waals surface area contributed by atoms with Crippen LogP contribution in [0.5, 0.6) is 5.75 Å². The minimum atomic E-state index is -0.978. The van der Waals surface area contributed by atoms with Crippen molar-refractivity contribution < 1.29 is 19.1 Å². The van der Waals surface area contributed by atoms with Gasteiger partial charge in [-0.2, -0.15) is 0 Å². The molecule has 0 atom stereocenters. The Morgan fingerprint density at radius 3 is 2.95 bits per heavy atom. The molecule has 0 saturated carbocycles. The van der Waals surface area contributed by atoms with Crippen LogP contribution in [0.1, 0.15) is 23.0 Å². The SMILES string of the molecule is CCOc1ccc2c(ccn2Cc2occc2C(=O)O)c1. The van der Waals surface area contributed by atoms with Gasteiger partial charge in [-0.15, -0.1) is 0 Å². The van der Waals surface area contributed by atoms with Gasteiger partial charge < -0.3 is 18.8 Å². The molecule has 21 heavy (non-hydrogen) atoms. The lowest BCUT2D eigenvalue weighted by molar-refractivity contribution is 0.0694. The standard InChI is InChI=1S/C16H15NO4/c1-2-20-12-3-4-14-11(9-12)5-7-17(14)10-15-13(16(18)19)6-8-21-15/h3-9H,2,10H2,1H3,(H,18,19). The lowest BCUT2D eigenvalue weighted by Gasteiger charge is -2.06. The lowest BCUT2D eigenvalue weighted by Crippen LogP contribution is -2.03. The van der Waals surface area contributed by atoms with Gasteiger partial charge in [0.25, 0.3) is 0 Å². The van der Waals surface area contributed by atoms with Gasteiger partial charge in [0.2, 0.25) is 0 Å². The first kappa shape index (κ1) is 13.3. The molecule has 0 bridgehead atoms. The number of carbonyl (C=O) groups is 1. The van der Waals surface area contributed by atoms with E-state index in [-0.39, 0.29) is 5.56 Å². The molecular weight excluding hydrogens is 270 g/mol. The zero-order valence-electron chi connectivity index (χ0n) is 11.6. The normalized spacial score (nSPS) is 10.9. The average molecular weight is 285 g/mol. The van der Waals surface area contributed by atoms with Crippen molar-refractivity contribution in [2.75, 3.05) is 6.61 Å². The number of carboxylic acid groups (broad SMARTS) is 1. The number of aromatic nitrogens is 1. The third-order valence-corrected chi connectivity index (χ3v) is 3.34. The van der Waals surface area contributed by atoms with E-state index in [0.717, 1.165) is 16.7 Å². The van der Waals surface area contributed by atoms with Crippen LogP contribution < -0.4 is 4.74 Å². The molecule has 3 rings (SSSR count). The van der Waals surface area contributed by atoms with Gasteiger partial charge in [-0.05, 0) is 37.3 Å². The summed E-state index contributed by atoms with van der Waals surface area (Å²) in [5.41, 5.74) is 1.20. The Labute approximate surface area is 121 Å². The number of hydrogen-bond acceptors (Lipinski definition) is 3. The molecule has 1 N–H and O–H groups in total. The topological polar surface area (TPSA) is 64.6 Å². The molecule has 0 aliphatic heterocycles. The molecule has 5 nitrogen and oxygen atoms in total. The number of benzene rings is 1. The molecular formula is C16H15NO4. The van der Waals surface area contributed by atoms with Crippen molar-refractivity contribution in [3.8, 4) is 5.75 Å². The van der Waals surface area contributed by atoms with Crippen LogP contribution in [0.15, 0.2) is 47.2 Å². The highest BCUT2D eigenvalue weighted by Crippen LogP contribution is 2.23. The molecule has 0 fully saturated rings. The van der Waals surface area contributed by atoms with E-state index in [0.29, 0.717) is 18.9 Å². The van der Waals surface area contributed by atoms with Crippen molar-refractivity contribution in [1.29, 1.82) is 0 Å². The summed E-state index contributed by atoms with van der Waals surface area (Å²) in [5, 5.41) is 10.2. The van der Waals surface area contributed by atoms with Gasteiger partial charge in [0.05, 0.1) is 19.4 Å². The van der Waals surface area contributed by atoms with Crippen molar-refractivity contribution in [2.45, 2.75) is 13.5 Å². The second kappa shape index (κ2) is 5.36. The summed E-state index contributed by atoms with van der Waals surface area (Å²) in [6.45, 7) is 2.95. The monoisotopic (exact) mass is 285 g/mol. The highest BCUT2D eigenvalue weighted by atomic mass is 16.5. The largest absolute Gasteiger partial charge is 0.494 e. The summed E-state index contributed by atoms with van der Waals surface area (Å²) in [4.78, 5) is 11.1. The summed E-state index contributed by atoms with van der Waals surface area (Å²) < 4.78 is 12.7. The fourth-order valence-electron chi connectivity index (χ4n) is 2.38.